The molecule has 3 nitrogen and oxygen atoms in total. The van der Waals surface area contributed by atoms with E-state index in [1.807, 2.05) is 0 Å². The average molecular weight is 209 g/mol. The largest absolute Gasteiger partial charge is 0.314 e. The Morgan fingerprint density at radius 2 is 2.47 bits per heavy atom. The zero-order chi connectivity index (χ0) is 10.7. The summed E-state index contributed by atoms with van der Waals surface area (Å²) in [6, 6.07) is 2.06. The van der Waals surface area contributed by atoms with Crippen LogP contribution < -0.4 is 5.32 Å². The fraction of sp³-hybridized carbons (Fsp3) is 0.545. The first-order chi connectivity index (χ1) is 7.25. The van der Waals surface area contributed by atoms with Gasteiger partial charge in [0.15, 0.2) is 0 Å². The van der Waals surface area contributed by atoms with Crippen molar-refractivity contribution < 1.29 is 4.39 Å². The molecule has 1 N–H and O–H groups in total. The summed E-state index contributed by atoms with van der Waals surface area (Å²) < 4.78 is 12.9. The minimum absolute atomic E-state index is 0.254. The van der Waals surface area contributed by atoms with Crippen molar-refractivity contribution in [2.45, 2.75) is 19.5 Å². The van der Waals surface area contributed by atoms with Crippen LogP contribution in [-0.4, -0.2) is 35.6 Å². The smallest absolute Gasteiger partial charge is 0.141 e. The first-order valence-corrected chi connectivity index (χ1v) is 5.30. The highest BCUT2D eigenvalue weighted by Gasteiger charge is 2.17. The monoisotopic (exact) mass is 209 g/mol. The summed E-state index contributed by atoms with van der Waals surface area (Å²) in [5.41, 5.74) is 0.948. The molecule has 0 aromatic carbocycles. The second-order valence-electron chi connectivity index (χ2n) is 4.04. The summed E-state index contributed by atoms with van der Waals surface area (Å²) in [6.07, 6.45) is 2.97. The van der Waals surface area contributed by atoms with Crippen LogP contribution in [0.3, 0.4) is 0 Å². The van der Waals surface area contributed by atoms with E-state index in [0.29, 0.717) is 6.04 Å². The molecule has 1 aromatic rings. The Bertz CT molecular complexity index is 329. The second kappa shape index (κ2) is 4.68. The third-order valence-electron chi connectivity index (χ3n) is 2.79. The predicted octanol–water partition coefficient (Wildman–Crippen LogP) is 1.01. The number of nitrogens with one attached hydrogen (secondary N) is 1. The van der Waals surface area contributed by atoms with Crippen molar-refractivity contribution in [1.29, 1.82) is 0 Å². The van der Waals surface area contributed by atoms with Crippen LogP contribution in [0.25, 0.3) is 0 Å². The lowest BCUT2D eigenvalue weighted by atomic mass is 10.2. The van der Waals surface area contributed by atoms with E-state index in [9.17, 15) is 4.39 Å². The quantitative estimate of drug-likeness (QED) is 0.788. The third-order valence-corrected chi connectivity index (χ3v) is 2.79. The van der Waals surface area contributed by atoms with Gasteiger partial charge in [0, 0.05) is 38.4 Å². The van der Waals surface area contributed by atoms with Gasteiger partial charge in [0.2, 0.25) is 0 Å². The lowest BCUT2D eigenvalue weighted by molar-refractivity contribution is 0.165. The predicted molar refractivity (Wildman–Crippen MR) is 56.9 cm³/mol. The maximum Gasteiger partial charge on any atom is 0.141 e. The maximum absolute atomic E-state index is 12.9. The van der Waals surface area contributed by atoms with Gasteiger partial charge in [0.05, 0.1) is 6.20 Å². The Balaban J connectivity index is 2.01. The average Bonchev–Trinajstić information content (AvgIpc) is 2.22. The number of pyridine rings is 1. The van der Waals surface area contributed by atoms with Crippen molar-refractivity contribution in [1.82, 2.24) is 15.2 Å². The molecule has 1 aliphatic rings. The van der Waals surface area contributed by atoms with Gasteiger partial charge in [-0.2, -0.15) is 0 Å². The zero-order valence-corrected chi connectivity index (χ0v) is 8.91. The van der Waals surface area contributed by atoms with Crippen molar-refractivity contribution >= 4 is 0 Å². The molecule has 0 radical (unpaired) electrons. The standard InChI is InChI=1S/C11H16FN3/c1-9-5-13-2-3-15(9)8-10-4-11(12)7-14-6-10/h4,6-7,9,13H,2-3,5,8H2,1H3/t9-/m1/s1. The van der Waals surface area contributed by atoms with Crippen LogP contribution in [0.5, 0.6) is 0 Å². The summed E-state index contributed by atoms with van der Waals surface area (Å²) in [5, 5.41) is 3.33. The summed E-state index contributed by atoms with van der Waals surface area (Å²) in [4.78, 5) is 6.20. The number of piperazine rings is 1. The van der Waals surface area contributed by atoms with E-state index in [2.05, 4.69) is 22.1 Å². The minimum atomic E-state index is -0.254. The van der Waals surface area contributed by atoms with E-state index in [4.69, 9.17) is 0 Å². The number of hydrogen-bond donors (Lipinski definition) is 1. The number of hydrogen-bond acceptors (Lipinski definition) is 3. The van der Waals surface area contributed by atoms with Crippen molar-refractivity contribution in [3.05, 3.63) is 29.8 Å². The number of rotatable bonds is 2. The Labute approximate surface area is 89.3 Å². The van der Waals surface area contributed by atoms with Gasteiger partial charge in [0.1, 0.15) is 5.82 Å². The molecular formula is C11H16FN3. The SMILES string of the molecule is C[C@@H]1CNCCN1Cc1cncc(F)c1. The number of aromatic nitrogens is 1. The van der Waals surface area contributed by atoms with Crippen LogP contribution in [0.15, 0.2) is 18.5 Å². The second-order valence-corrected chi connectivity index (χ2v) is 4.04. The molecule has 15 heavy (non-hydrogen) atoms. The van der Waals surface area contributed by atoms with Crippen LogP contribution in [0, 0.1) is 5.82 Å². The maximum atomic E-state index is 12.9. The molecule has 1 atom stereocenters. The van der Waals surface area contributed by atoms with Gasteiger partial charge in [-0.15, -0.1) is 0 Å². The molecule has 0 amide bonds. The lowest BCUT2D eigenvalue weighted by Gasteiger charge is -2.33. The van der Waals surface area contributed by atoms with E-state index in [1.165, 1.54) is 6.20 Å². The minimum Gasteiger partial charge on any atom is -0.314 e. The molecule has 1 aromatic heterocycles. The molecule has 4 heteroatoms. The lowest BCUT2D eigenvalue weighted by Crippen LogP contribution is -2.49. The van der Waals surface area contributed by atoms with Crippen LogP contribution >= 0.6 is 0 Å². The van der Waals surface area contributed by atoms with Gasteiger partial charge < -0.3 is 5.32 Å². The van der Waals surface area contributed by atoms with E-state index in [-0.39, 0.29) is 5.82 Å². The van der Waals surface area contributed by atoms with Crippen LogP contribution in [-0.2, 0) is 6.54 Å². The van der Waals surface area contributed by atoms with Gasteiger partial charge >= 0.3 is 0 Å². The molecule has 82 valence electrons. The molecule has 1 fully saturated rings. The van der Waals surface area contributed by atoms with Crippen molar-refractivity contribution in [2.75, 3.05) is 19.6 Å². The molecule has 1 aliphatic heterocycles. The summed E-state index contributed by atoms with van der Waals surface area (Å²) >= 11 is 0. The van der Waals surface area contributed by atoms with Crippen molar-refractivity contribution in [2.24, 2.45) is 0 Å². The van der Waals surface area contributed by atoms with Crippen LogP contribution in [0.2, 0.25) is 0 Å². The van der Waals surface area contributed by atoms with E-state index in [1.54, 1.807) is 12.3 Å². The highest BCUT2D eigenvalue weighted by molar-refractivity contribution is 5.10. The first kappa shape index (κ1) is 10.5. The Morgan fingerprint density at radius 3 is 3.20 bits per heavy atom. The molecule has 0 saturated carbocycles. The fourth-order valence-corrected chi connectivity index (χ4v) is 1.89. The van der Waals surface area contributed by atoms with Gasteiger partial charge in [0.25, 0.3) is 0 Å². The molecule has 0 aliphatic carbocycles. The van der Waals surface area contributed by atoms with Gasteiger partial charge in [-0.25, -0.2) is 4.39 Å². The van der Waals surface area contributed by atoms with Crippen molar-refractivity contribution in [3.8, 4) is 0 Å². The Hall–Kier alpha value is -1.00. The van der Waals surface area contributed by atoms with Gasteiger partial charge in [-0.1, -0.05) is 0 Å². The zero-order valence-electron chi connectivity index (χ0n) is 8.91. The van der Waals surface area contributed by atoms with E-state index < -0.39 is 0 Å². The molecule has 0 bridgehead atoms. The fourth-order valence-electron chi connectivity index (χ4n) is 1.89. The number of halogens is 1. The normalized spacial score (nSPS) is 22.9. The van der Waals surface area contributed by atoms with Crippen LogP contribution in [0.4, 0.5) is 4.39 Å². The topological polar surface area (TPSA) is 28.2 Å². The molecule has 0 unspecified atom stereocenters. The van der Waals surface area contributed by atoms with E-state index >= 15 is 0 Å². The Kier molecular flexibility index (Phi) is 3.28. The molecule has 1 saturated heterocycles. The number of nitrogens with zero attached hydrogens (tertiary/aromatic N) is 2. The van der Waals surface area contributed by atoms with Gasteiger partial charge in [-0.05, 0) is 18.6 Å². The van der Waals surface area contributed by atoms with Crippen molar-refractivity contribution in [3.63, 3.8) is 0 Å². The molecule has 2 rings (SSSR count). The molecule has 0 spiro atoms. The van der Waals surface area contributed by atoms with Crippen LogP contribution in [0.1, 0.15) is 12.5 Å². The highest BCUT2D eigenvalue weighted by Crippen LogP contribution is 2.09. The summed E-state index contributed by atoms with van der Waals surface area (Å²) in [5.74, 6) is -0.254. The first-order valence-electron chi connectivity index (χ1n) is 5.30. The van der Waals surface area contributed by atoms with E-state index in [0.717, 1.165) is 31.7 Å². The summed E-state index contributed by atoms with van der Waals surface area (Å²) in [6.45, 7) is 5.99. The highest BCUT2D eigenvalue weighted by atomic mass is 19.1. The Morgan fingerprint density at radius 1 is 1.60 bits per heavy atom. The summed E-state index contributed by atoms with van der Waals surface area (Å²) in [7, 11) is 0. The molecular weight excluding hydrogens is 193 g/mol. The third kappa shape index (κ3) is 2.73. The molecule has 2 heterocycles. The van der Waals surface area contributed by atoms with Gasteiger partial charge in [-0.3, -0.25) is 9.88 Å².